The molecule has 6 rings (SSSR count). The van der Waals surface area contributed by atoms with Crippen LogP contribution in [0.2, 0.25) is 0 Å². The lowest BCUT2D eigenvalue weighted by atomic mass is 9.99. The molecule has 152 valence electrons. The number of benzene rings is 2. The molecule has 2 bridgehead atoms. The van der Waals surface area contributed by atoms with Gasteiger partial charge in [-0.15, -0.1) is 0 Å². The van der Waals surface area contributed by atoms with Crippen LogP contribution in [0.5, 0.6) is 0 Å². The van der Waals surface area contributed by atoms with Gasteiger partial charge in [0.25, 0.3) is 0 Å². The summed E-state index contributed by atoms with van der Waals surface area (Å²) in [6.45, 7) is 0. The first kappa shape index (κ1) is 17.9. The van der Waals surface area contributed by atoms with Crippen LogP contribution in [-0.4, -0.2) is 29.2 Å². The summed E-state index contributed by atoms with van der Waals surface area (Å²) in [5.41, 5.74) is 5.31. The van der Waals surface area contributed by atoms with Gasteiger partial charge in [-0.05, 0) is 54.8 Å². The van der Waals surface area contributed by atoms with Crippen LogP contribution in [-0.2, 0) is 23.3 Å². The van der Waals surface area contributed by atoms with Crippen molar-refractivity contribution in [3.8, 4) is 11.3 Å². The van der Waals surface area contributed by atoms with Crippen LogP contribution >= 0.6 is 0 Å². The molecule has 2 aliphatic heterocycles. The van der Waals surface area contributed by atoms with Crippen LogP contribution in [0.1, 0.15) is 30.1 Å². The predicted octanol–water partition coefficient (Wildman–Crippen LogP) is 3.75. The van der Waals surface area contributed by atoms with Crippen LogP contribution in [0.25, 0.3) is 22.2 Å². The molecular weight excluding hydrogens is 396 g/mol. The molecule has 0 amide bonds. The van der Waals surface area contributed by atoms with Crippen LogP contribution in [0.4, 0.5) is 0 Å². The normalized spacial score (nSPS) is 20.6. The Kier molecular flexibility index (Phi) is 3.76. The highest BCUT2D eigenvalue weighted by atomic mass is 32.2. The topological polar surface area (TPSA) is 79.8 Å². The summed E-state index contributed by atoms with van der Waals surface area (Å²) < 4.78 is 29.2. The molecule has 0 spiro atoms. The molecule has 2 atom stereocenters. The molecule has 1 fully saturated rings. The molecule has 0 aliphatic carbocycles. The Morgan fingerprint density at radius 2 is 1.93 bits per heavy atom. The third kappa shape index (κ3) is 2.52. The van der Waals surface area contributed by atoms with Gasteiger partial charge in [-0.1, -0.05) is 12.1 Å². The summed E-state index contributed by atoms with van der Waals surface area (Å²) in [5, 5.41) is 11.6. The third-order valence-electron chi connectivity index (χ3n) is 6.63. The monoisotopic (exact) mass is 418 g/mol. The summed E-state index contributed by atoms with van der Waals surface area (Å²) in [6, 6.07) is 15.3. The number of aromatic nitrogens is 3. The minimum Gasteiger partial charge on any atom is -0.347 e. The zero-order valence-electron chi connectivity index (χ0n) is 16.6. The lowest BCUT2D eigenvalue weighted by molar-refractivity contribution is 0.503. The van der Waals surface area contributed by atoms with Crippen molar-refractivity contribution in [2.24, 2.45) is 7.05 Å². The summed E-state index contributed by atoms with van der Waals surface area (Å²) in [6.07, 6.45) is 4.95. The van der Waals surface area contributed by atoms with E-state index in [1.165, 1.54) is 17.7 Å². The molecule has 0 radical (unpaired) electrons. The third-order valence-corrected chi connectivity index (χ3v) is 8.38. The van der Waals surface area contributed by atoms with E-state index in [4.69, 9.17) is 0 Å². The minimum atomic E-state index is -3.64. The van der Waals surface area contributed by atoms with Crippen molar-refractivity contribution in [3.05, 3.63) is 66.0 Å². The van der Waals surface area contributed by atoms with Crippen molar-refractivity contribution in [1.29, 1.82) is 0 Å². The van der Waals surface area contributed by atoms with Gasteiger partial charge >= 0.3 is 0 Å². The fourth-order valence-corrected chi connectivity index (χ4v) is 6.46. The summed E-state index contributed by atoms with van der Waals surface area (Å²) in [7, 11) is -1.55. The fourth-order valence-electron chi connectivity index (χ4n) is 5.13. The summed E-state index contributed by atoms with van der Waals surface area (Å²) >= 11 is 0. The quantitative estimate of drug-likeness (QED) is 0.531. The van der Waals surface area contributed by atoms with E-state index in [9.17, 15) is 8.42 Å². The van der Waals surface area contributed by atoms with Crippen molar-refractivity contribution < 1.29 is 8.42 Å². The SMILES string of the molecule is Cn1c2c(c3cc(S(=O)(=O)c4cccc(-c5ccn[nH]5)c4)ccc31)C1CCC(C2)N1. The smallest absolute Gasteiger partial charge is 0.206 e. The molecule has 1 saturated heterocycles. The highest BCUT2D eigenvalue weighted by Crippen LogP contribution is 2.42. The standard InChI is InChI=1S/C23H22N4O2S/c1-27-21-8-6-17(13-18(21)23-20-7-5-15(25-20)12-22(23)27)30(28,29)16-4-2-3-14(11-16)19-9-10-24-26-19/h2-4,6,8-11,13,15,20,25H,5,7,12H2,1H3,(H,24,26). The summed E-state index contributed by atoms with van der Waals surface area (Å²) in [5.74, 6) is 0. The second-order valence-electron chi connectivity index (χ2n) is 8.30. The van der Waals surface area contributed by atoms with Gasteiger partial charge in [-0.25, -0.2) is 8.42 Å². The van der Waals surface area contributed by atoms with E-state index in [2.05, 4.69) is 27.1 Å². The Balaban J connectivity index is 1.49. The van der Waals surface area contributed by atoms with E-state index in [1.54, 1.807) is 30.5 Å². The molecule has 6 nitrogen and oxygen atoms in total. The molecule has 30 heavy (non-hydrogen) atoms. The van der Waals surface area contributed by atoms with Gasteiger partial charge in [-0.2, -0.15) is 5.10 Å². The van der Waals surface area contributed by atoms with Crippen molar-refractivity contribution in [3.63, 3.8) is 0 Å². The van der Waals surface area contributed by atoms with Crippen LogP contribution < -0.4 is 5.32 Å². The number of nitrogens with zero attached hydrogens (tertiary/aromatic N) is 2. The first-order chi connectivity index (χ1) is 14.5. The van der Waals surface area contributed by atoms with E-state index < -0.39 is 9.84 Å². The maximum atomic E-state index is 13.5. The number of rotatable bonds is 3. The van der Waals surface area contributed by atoms with E-state index in [-0.39, 0.29) is 4.90 Å². The largest absolute Gasteiger partial charge is 0.347 e. The second kappa shape index (κ2) is 6.30. The van der Waals surface area contributed by atoms with Crippen LogP contribution in [0.15, 0.2) is 64.5 Å². The number of fused-ring (bicyclic) bond motifs is 6. The lowest BCUT2D eigenvalue weighted by Crippen LogP contribution is -2.32. The van der Waals surface area contributed by atoms with E-state index >= 15 is 0 Å². The predicted molar refractivity (Wildman–Crippen MR) is 115 cm³/mol. The maximum Gasteiger partial charge on any atom is 0.206 e. The average molecular weight is 419 g/mol. The zero-order valence-corrected chi connectivity index (χ0v) is 17.4. The molecule has 2 aromatic carbocycles. The zero-order chi connectivity index (χ0) is 20.5. The first-order valence-corrected chi connectivity index (χ1v) is 11.7. The van der Waals surface area contributed by atoms with Crippen molar-refractivity contribution >= 4 is 20.7 Å². The summed E-state index contributed by atoms with van der Waals surface area (Å²) in [4.78, 5) is 0.628. The Morgan fingerprint density at radius 3 is 2.77 bits per heavy atom. The average Bonchev–Trinajstić information content (AvgIpc) is 3.48. The van der Waals surface area contributed by atoms with E-state index in [0.717, 1.165) is 35.0 Å². The van der Waals surface area contributed by atoms with Crippen molar-refractivity contribution in [1.82, 2.24) is 20.1 Å². The minimum absolute atomic E-state index is 0.290. The second-order valence-corrected chi connectivity index (χ2v) is 10.2. The number of H-pyrrole nitrogens is 1. The maximum absolute atomic E-state index is 13.5. The van der Waals surface area contributed by atoms with Gasteiger partial charge < -0.3 is 9.88 Å². The number of hydrogen-bond donors (Lipinski definition) is 2. The van der Waals surface area contributed by atoms with Crippen molar-refractivity contribution in [2.75, 3.05) is 0 Å². The first-order valence-electron chi connectivity index (χ1n) is 10.2. The molecule has 4 heterocycles. The Labute approximate surface area is 174 Å². The van der Waals surface area contributed by atoms with Gasteiger partial charge in [0.1, 0.15) is 0 Å². The number of aryl methyl sites for hydroxylation is 1. The molecule has 0 saturated carbocycles. The molecule has 7 heteroatoms. The Bertz CT molecular complexity index is 1390. The van der Waals surface area contributed by atoms with E-state index in [1.807, 2.05) is 24.3 Å². The van der Waals surface area contributed by atoms with E-state index in [0.29, 0.717) is 17.0 Å². The number of hydrogen-bond acceptors (Lipinski definition) is 4. The fraction of sp³-hybridized carbons (Fsp3) is 0.261. The highest BCUT2D eigenvalue weighted by Gasteiger charge is 2.36. The van der Waals surface area contributed by atoms with Crippen LogP contribution in [0.3, 0.4) is 0 Å². The number of nitrogens with one attached hydrogen (secondary N) is 2. The van der Waals surface area contributed by atoms with Crippen molar-refractivity contribution in [2.45, 2.75) is 41.1 Å². The van der Waals surface area contributed by atoms with Crippen LogP contribution in [0, 0.1) is 0 Å². The van der Waals surface area contributed by atoms with Gasteiger partial charge in [0.15, 0.2) is 0 Å². The van der Waals surface area contributed by atoms with Gasteiger partial charge in [0, 0.05) is 53.9 Å². The van der Waals surface area contributed by atoms with Gasteiger partial charge in [-0.3, -0.25) is 5.10 Å². The molecule has 4 aromatic rings. The highest BCUT2D eigenvalue weighted by molar-refractivity contribution is 7.91. The molecular formula is C23H22N4O2S. The molecule has 2 aliphatic rings. The number of sulfone groups is 1. The van der Waals surface area contributed by atoms with Gasteiger partial charge in [0.2, 0.25) is 9.84 Å². The van der Waals surface area contributed by atoms with Gasteiger partial charge in [0.05, 0.1) is 15.5 Å². The molecule has 2 unspecified atom stereocenters. The molecule has 2 aromatic heterocycles. The molecule has 2 N–H and O–H groups in total. The Hall–Kier alpha value is -2.90. The lowest BCUT2D eigenvalue weighted by Gasteiger charge is -2.23. The Morgan fingerprint density at radius 1 is 1.07 bits per heavy atom. The number of aromatic amines is 1.